The van der Waals surface area contributed by atoms with Gasteiger partial charge in [-0.15, -0.1) is 11.3 Å². The molecule has 0 aliphatic carbocycles. The number of rotatable bonds is 0. The van der Waals surface area contributed by atoms with Crippen molar-refractivity contribution in [3.8, 4) is 0 Å². The molecule has 1 aromatic carbocycles. The highest BCUT2D eigenvalue weighted by molar-refractivity contribution is 9.10. The van der Waals surface area contributed by atoms with E-state index in [9.17, 15) is 0 Å². The second-order valence-electron chi connectivity index (χ2n) is 3.45. The van der Waals surface area contributed by atoms with Gasteiger partial charge < -0.3 is 5.73 Å². The van der Waals surface area contributed by atoms with Gasteiger partial charge in [-0.3, -0.25) is 0 Å². The van der Waals surface area contributed by atoms with E-state index in [1.165, 1.54) is 0 Å². The number of benzene rings is 1. The molecule has 5 heteroatoms. The molecule has 0 unspecified atom stereocenters. The fraction of sp³-hybridized carbons (Fsp3) is 0. The van der Waals surface area contributed by atoms with Crippen LogP contribution in [0.1, 0.15) is 0 Å². The van der Waals surface area contributed by atoms with Gasteiger partial charge in [0.15, 0.2) is 0 Å². The highest BCUT2D eigenvalue weighted by Gasteiger charge is 2.11. The number of nitrogens with zero attached hydrogens (tertiary/aromatic N) is 1. The molecule has 0 saturated carbocycles. The molecule has 0 amide bonds. The Bertz CT molecular complexity index is 708. The van der Waals surface area contributed by atoms with Gasteiger partial charge in [0.2, 0.25) is 0 Å². The lowest BCUT2D eigenvalue weighted by atomic mass is 10.2. The Hall–Kier alpha value is -0.840. The molecule has 3 aromatic rings. The number of hydrogen-bond donors (Lipinski definition) is 1. The zero-order valence-electron chi connectivity index (χ0n) is 8.00. The van der Waals surface area contributed by atoms with Crippen molar-refractivity contribution in [2.75, 3.05) is 5.73 Å². The Balaban J connectivity index is 2.60. The summed E-state index contributed by atoms with van der Waals surface area (Å²) < 4.78 is 3.22. The third kappa shape index (κ3) is 1.41. The lowest BCUT2D eigenvalue weighted by molar-refractivity contribution is 1.37. The third-order valence-electron chi connectivity index (χ3n) is 2.44. The summed E-state index contributed by atoms with van der Waals surface area (Å²) in [6, 6.07) is 6.09. The fourth-order valence-corrected chi connectivity index (χ4v) is 3.71. The maximum Gasteiger partial charge on any atom is 0.138 e. The first kappa shape index (κ1) is 10.3. The fourth-order valence-electron chi connectivity index (χ4n) is 1.73. The van der Waals surface area contributed by atoms with Crippen LogP contribution in [0.3, 0.4) is 0 Å². The van der Waals surface area contributed by atoms with Crippen molar-refractivity contribution in [3.05, 3.63) is 34.0 Å². The van der Waals surface area contributed by atoms with Gasteiger partial charge in [0.25, 0.3) is 0 Å². The van der Waals surface area contributed by atoms with Gasteiger partial charge in [-0.1, -0.05) is 33.6 Å². The van der Waals surface area contributed by atoms with E-state index in [-0.39, 0.29) is 0 Å². The van der Waals surface area contributed by atoms with Gasteiger partial charge in [0.1, 0.15) is 5.15 Å². The number of nitrogens with two attached hydrogens (primary N) is 1. The molecular formula is C11H6BrClN2S. The molecule has 0 radical (unpaired) electrons. The number of thiophene rings is 1. The molecule has 0 spiro atoms. The van der Waals surface area contributed by atoms with Crippen molar-refractivity contribution in [2.45, 2.75) is 0 Å². The highest BCUT2D eigenvalue weighted by Crippen LogP contribution is 2.40. The van der Waals surface area contributed by atoms with Crippen LogP contribution in [0.5, 0.6) is 0 Å². The van der Waals surface area contributed by atoms with Crippen LogP contribution in [0.25, 0.3) is 20.2 Å². The normalized spacial score (nSPS) is 11.4. The standard InChI is InChI=1S/C11H6BrClN2S/c12-5-1-2-6-8(3-5)16-10-7(14)4-15-11(13)9(6)10/h1-4H,14H2. The number of nitrogen functional groups attached to an aromatic ring is 1. The van der Waals surface area contributed by atoms with Crippen LogP contribution in [-0.2, 0) is 0 Å². The minimum absolute atomic E-state index is 0.512. The Morgan fingerprint density at radius 2 is 2.19 bits per heavy atom. The van der Waals surface area contributed by atoms with Crippen LogP contribution in [0, 0.1) is 0 Å². The van der Waals surface area contributed by atoms with Crippen LogP contribution in [-0.4, -0.2) is 4.98 Å². The van der Waals surface area contributed by atoms with Gasteiger partial charge in [-0.05, 0) is 12.1 Å². The smallest absolute Gasteiger partial charge is 0.138 e. The van der Waals surface area contributed by atoms with E-state index < -0.39 is 0 Å². The SMILES string of the molecule is Nc1cnc(Cl)c2c1sc1cc(Br)ccc12. The number of fused-ring (bicyclic) bond motifs is 3. The first-order chi connectivity index (χ1) is 7.66. The molecule has 2 aromatic heterocycles. The van der Waals surface area contributed by atoms with Gasteiger partial charge in [0, 0.05) is 19.9 Å². The van der Waals surface area contributed by atoms with E-state index >= 15 is 0 Å². The van der Waals surface area contributed by atoms with Crippen LogP contribution < -0.4 is 5.73 Å². The lowest BCUT2D eigenvalue weighted by Crippen LogP contribution is -1.86. The minimum atomic E-state index is 0.512. The molecular weight excluding hydrogens is 308 g/mol. The monoisotopic (exact) mass is 312 g/mol. The summed E-state index contributed by atoms with van der Waals surface area (Å²) in [4.78, 5) is 4.09. The van der Waals surface area contributed by atoms with Crippen molar-refractivity contribution in [1.29, 1.82) is 0 Å². The molecule has 0 aliphatic heterocycles. The summed E-state index contributed by atoms with van der Waals surface area (Å²) >= 11 is 11.2. The van der Waals surface area contributed by atoms with Gasteiger partial charge >= 0.3 is 0 Å². The second kappa shape index (κ2) is 3.58. The summed E-state index contributed by atoms with van der Waals surface area (Å²) in [6.07, 6.45) is 1.61. The van der Waals surface area contributed by atoms with E-state index in [1.54, 1.807) is 17.5 Å². The van der Waals surface area contributed by atoms with Crippen LogP contribution in [0.4, 0.5) is 5.69 Å². The first-order valence-electron chi connectivity index (χ1n) is 4.58. The minimum Gasteiger partial charge on any atom is -0.396 e. The van der Waals surface area contributed by atoms with Crippen molar-refractivity contribution in [1.82, 2.24) is 4.98 Å². The summed E-state index contributed by atoms with van der Waals surface area (Å²) in [7, 11) is 0. The molecule has 0 fully saturated rings. The average molecular weight is 314 g/mol. The molecule has 2 heterocycles. The number of halogens is 2. The number of hydrogen-bond acceptors (Lipinski definition) is 3. The molecule has 80 valence electrons. The van der Waals surface area contributed by atoms with Crippen molar-refractivity contribution in [3.63, 3.8) is 0 Å². The maximum atomic E-state index is 6.12. The Kier molecular flexibility index (Phi) is 2.31. The first-order valence-corrected chi connectivity index (χ1v) is 6.57. The number of aromatic nitrogens is 1. The number of anilines is 1. The van der Waals surface area contributed by atoms with E-state index in [0.717, 1.165) is 24.6 Å². The maximum absolute atomic E-state index is 6.12. The quantitative estimate of drug-likeness (QED) is 0.623. The molecule has 0 atom stereocenters. The van der Waals surface area contributed by atoms with Gasteiger partial charge in [-0.2, -0.15) is 0 Å². The summed E-state index contributed by atoms with van der Waals surface area (Å²) in [5.41, 5.74) is 6.58. The summed E-state index contributed by atoms with van der Waals surface area (Å²) in [5, 5.41) is 2.57. The predicted molar refractivity (Wildman–Crippen MR) is 74.2 cm³/mol. The molecule has 16 heavy (non-hydrogen) atoms. The van der Waals surface area contributed by atoms with Crippen molar-refractivity contribution in [2.24, 2.45) is 0 Å². The number of pyridine rings is 1. The van der Waals surface area contributed by atoms with Crippen molar-refractivity contribution >= 4 is 64.7 Å². The highest BCUT2D eigenvalue weighted by atomic mass is 79.9. The Morgan fingerprint density at radius 1 is 1.38 bits per heavy atom. The molecule has 0 aliphatic rings. The van der Waals surface area contributed by atoms with E-state index in [4.69, 9.17) is 17.3 Å². The van der Waals surface area contributed by atoms with Gasteiger partial charge in [-0.25, -0.2) is 4.98 Å². The third-order valence-corrected chi connectivity index (χ3v) is 4.42. The van der Waals surface area contributed by atoms with E-state index in [2.05, 4.69) is 27.0 Å². The zero-order valence-corrected chi connectivity index (χ0v) is 11.2. The molecule has 2 N–H and O–H groups in total. The van der Waals surface area contributed by atoms with Crippen LogP contribution >= 0.6 is 38.9 Å². The van der Waals surface area contributed by atoms with Crippen molar-refractivity contribution < 1.29 is 0 Å². The van der Waals surface area contributed by atoms with E-state index in [1.807, 2.05) is 12.1 Å². The van der Waals surface area contributed by atoms with E-state index in [0.29, 0.717) is 10.8 Å². The molecule has 2 nitrogen and oxygen atoms in total. The van der Waals surface area contributed by atoms with Gasteiger partial charge in [0.05, 0.1) is 16.6 Å². The largest absolute Gasteiger partial charge is 0.396 e. The molecule has 0 bridgehead atoms. The molecule has 0 saturated heterocycles. The Labute approximate surface area is 109 Å². The predicted octanol–water partition coefficient (Wildman–Crippen LogP) is 4.45. The zero-order chi connectivity index (χ0) is 11.3. The second-order valence-corrected chi connectivity index (χ2v) is 5.78. The van der Waals surface area contributed by atoms with Crippen LogP contribution in [0.2, 0.25) is 5.15 Å². The summed E-state index contributed by atoms with van der Waals surface area (Å²) in [6.45, 7) is 0. The lowest BCUT2D eigenvalue weighted by Gasteiger charge is -1.97. The summed E-state index contributed by atoms with van der Waals surface area (Å²) in [5.74, 6) is 0. The van der Waals surface area contributed by atoms with Crippen LogP contribution in [0.15, 0.2) is 28.9 Å². The topological polar surface area (TPSA) is 38.9 Å². The molecule has 3 rings (SSSR count). The average Bonchev–Trinajstić information content (AvgIpc) is 2.63. The Morgan fingerprint density at radius 3 is 3.00 bits per heavy atom.